The van der Waals surface area contributed by atoms with Crippen LogP contribution in [0.2, 0.25) is 0 Å². The van der Waals surface area contributed by atoms with Gasteiger partial charge in [0.15, 0.2) is 0 Å². The molecular formula is C12H13NO2. The molecule has 1 atom stereocenters. The highest BCUT2D eigenvalue weighted by Crippen LogP contribution is 2.22. The Morgan fingerprint density at radius 3 is 2.60 bits per heavy atom. The van der Waals surface area contributed by atoms with Crippen molar-refractivity contribution in [2.45, 2.75) is 19.4 Å². The molecule has 1 aliphatic heterocycles. The molecule has 3 heteroatoms. The number of cyclic esters (lactones) is 1. The first-order chi connectivity index (χ1) is 7.15. The van der Waals surface area contributed by atoms with Gasteiger partial charge in [-0.3, -0.25) is 0 Å². The summed E-state index contributed by atoms with van der Waals surface area (Å²) in [5.41, 5.74) is 8.00. The van der Waals surface area contributed by atoms with Crippen LogP contribution in [-0.4, -0.2) is 12.1 Å². The molecule has 0 bridgehead atoms. The summed E-state index contributed by atoms with van der Waals surface area (Å²) in [6, 6.07) is 7.41. The molecule has 0 unspecified atom stereocenters. The molecule has 0 radical (unpaired) electrons. The van der Waals surface area contributed by atoms with Crippen molar-refractivity contribution in [2.24, 2.45) is 0 Å². The summed E-state index contributed by atoms with van der Waals surface area (Å²) in [5.74, 6) is -0.209. The van der Waals surface area contributed by atoms with Crippen molar-refractivity contribution in [3.8, 4) is 0 Å². The van der Waals surface area contributed by atoms with Crippen LogP contribution in [0.3, 0.4) is 0 Å². The van der Waals surface area contributed by atoms with Gasteiger partial charge in [-0.2, -0.15) is 0 Å². The number of benzene rings is 1. The van der Waals surface area contributed by atoms with Gasteiger partial charge >= 0.3 is 5.97 Å². The number of anilines is 1. The van der Waals surface area contributed by atoms with E-state index in [9.17, 15) is 4.79 Å². The normalized spacial score (nSPS) is 23.1. The number of carbonyl (C=O) groups is 1. The van der Waals surface area contributed by atoms with Crippen molar-refractivity contribution in [3.05, 3.63) is 35.4 Å². The highest BCUT2D eigenvalue weighted by molar-refractivity contribution is 5.95. The van der Waals surface area contributed by atoms with E-state index in [0.717, 1.165) is 16.8 Å². The van der Waals surface area contributed by atoms with Crippen molar-refractivity contribution < 1.29 is 9.53 Å². The van der Waals surface area contributed by atoms with Crippen molar-refractivity contribution in [2.75, 3.05) is 5.73 Å². The van der Waals surface area contributed by atoms with E-state index in [0.29, 0.717) is 6.42 Å². The molecule has 2 N–H and O–H groups in total. The fourth-order valence-electron chi connectivity index (χ4n) is 1.60. The van der Waals surface area contributed by atoms with Crippen LogP contribution >= 0.6 is 0 Å². The van der Waals surface area contributed by atoms with E-state index in [-0.39, 0.29) is 12.1 Å². The number of nitrogens with two attached hydrogens (primary N) is 1. The zero-order chi connectivity index (χ0) is 10.8. The number of hydrogen-bond donors (Lipinski definition) is 1. The first-order valence-corrected chi connectivity index (χ1v) is 4.92. The maximum absolute atomic E-state index is 11.3. The van der Waals surface area contributed by atoms with E-state index in [4.69, 9.17) is 10.5 Å². The number of esters is 1. The molecular weight excluding hydrogens is 190 g/mol. The Morgan fingerprint density at radius 1 is 1.40 bits per heavy atom. The lowest BCUT2D eigenvalue weighted by Gasteiger charge is -1.96. The highest BCUT2D eigenvalue weighted by Gasteiger charge is 2.24. The second kappa shape index (κ2) is 3.77. The second-order valence-electron chi connectivity index (χ2n) is 3.76. The molecule has 0 amide bonds. The third kappa shape index (κ3) is 2.18. The average Bonchev–Trinajstić information content (AvgIpc) is 2.49. The lowest BCUT2D eigenvalue weighted by Crippen LogP contribution is -1.99. The lowest BCUT2D eigenvalue weighted by atomic mass is 10.1. The summed E-state index contributed by atoms with van der Waals surface area (Å²) in [4.78, 5) is 11.3. The monoisotopic (exact) mass is 203 g/mol. The maximum Gasteiger partial charge on any atom is 0.334 e. The van der Waals surface area contributed by atoms with Gasteiger partial charge in [-0.05, 0) is 30.7 Å². The first kappa shape index (κ1) is 9.77. The van der Waals surface area contributed by atoms with E-state index in [1.807, 2.05) is 37.3 Å². The van der Waals surface area contributed by atoms with E-state index >= 15 is 0 Å². The van der Waals surface area contributed by atoms with Crippen LogP contribution in [-0.2, 0) is 9.53 Å². The Morgan fingerprint density at radius 2 is 2.07 bits per heavy atom. The number of ether oxygens (including phenoxy) is 1. The fraction of sp³-hybridized carbons (Fsp3) is 0.250. The van der Waals surface area contributed by atoms with Crippen LogP contribution < -0.4 is 5.73 Å². The van der Waals surface area contributed by atoms with Gasteiger partial charge in [-0.25, -0.2) is 4.79 Å². The molecule has 1 aromatic rings. The van der Waals surface area contributed by atoms with Crippen LogP contribution in [0.25, 0.3) is 6.08 Å². The van der Waals surface area contributed by atoms with Gasteiger partial charge in [-0.15, -0.1) is 0 Å². The zero-order valence-corrected chi connectivity index (χ0v) is 8.57. The Labute approximate surface area is 88.5 Å². The van der Waals surface area contributed by atoms with E-state index < -0.39 is 0 Å². The van der Waals surface area contributed by atoms with Crippen molar-refractivity contribution in [1.29, 1.82) is 0 Å². The summed E-state index contributed by atoms with van der Waals surface area (Å²) >= 11 is 0. The molecule has 1 aliphatic rings. The van der Waals surface area contributed by atoms with Crippen LogP contribution in [0.1, 0.15) is 18.9 Å². The molecule has 15 heavy (non-hydrogen) atoms. The van der Waals surface area contributed by atoms with Crippen LogP contribution in [0.5, 0.6) is 0 Å². The summed E-state index contributed by atoms with van der Waals surface area (Å²) in [7, 11) is 0. The largest absolute Gasteiger partial charge is 0.459 e. The quantitative estimate of drug-likeness (QED) is 0.431. The molecule has 0 saturated carbocycles. The minimum Gasteiger partial charge on any atom is -0.459 e. The van der Waals surface area contributed by atoms with Gasteiger partial charge in [0.2, 0.25) is 0 Å². The predicted molar refractivity (Wildman–Crippen MR) is 59.0 cm³/mol. The van der Waals surface area contributed by atoms with Crippen LogP contribution in [0.4, 0.5) is 5.69 Å². The molecule has 2 rings (SSSR count). The average molecular weight is 203 g/mol. The Kier molecular flexibility index (Phi) is 2.46. The smallest absolute Gasteiger partial charge is 0.334 e. The molecule has 1 heterocycles. The fourth-order valence-corrected chi connectivity index (χ4v) is 1.60. The summed E-state index contributed by atoms with van der Waals surface area (Å²) in [6.07, 6.45) is 2.53. The number of nitrogen functional groups attached to an aromatic ring is 1. The number of rotatable bonds is 1. The topological polar surface area (TPSA) is 52.3 Å². The Hall–Kier alpha value is -1.77. The number of hydrogen-bond acceptors (Lipinski definition) is 3. The number of carbonyl (C=O) groups excluding carboxylic acids is 1. The molecule has 1 fully saturated rings. The summed E-state index contributed by atoms with van der Waals surface area (Å²) < 4.78 is 5.04. The molecule has 1 saturated heterocycles. The minimum atomic E-state index is -0.209. The van der Waals surface area contributed by atoms with Crippen molar-refractivity contribution in [3.63, 3.8) is 0 Å². The van der Waals surface area contributed by atoms with Gasteiger partial charge in [0.25, 0.3) is 0 Å². The van der Waals surface area contributed by atoms with Gasteiger partial charge in [0.1, 0.15) is 6.10 Å². The third-order valence-electron chi connectivity index (χ3n) is 2.36. The van der Waals surface area contributed by atoms with Gasteiger partial charge < -0.3 is 10.5 Å². The maximum atomic E-state index is 11.3. The second-order valence-corrected chi connectivity index (χ2v) is 3.76. The molecule has 3 nitrogen and oxygen atoms in total. The predicted octanol–water partition coefficient (Wildman–Crippen LogP) is 1.99. The summed E-state index contributed by atoms with van der Waals surface area (Å²) in [5, 5.41) is 0. The van der Waals surface area contributed by atoms with Crippen LogP contribution in [0, 0.1) is 0 Å². The molecule has 1 aromatic carbocycles. The minimum absolute atomic E-state index is 0.00229. The third-order valence-corrected chi connectivity index (χ3v) is 2.36. The molecule has 0 aromatic heterocycles. The van der Waals surface area contributed by atoms with Crippen molar-refractivity contribution in [1.82, 2.24) is 0 Å². The summed E-state index contributed by atoms with van der Waals surface area (Å²) in [6.45, 7) is 1.89. The van der Waals surface area contributed by atoms with Gasteiger partial charge in [0.05, 0.1) is 0 Å². The Bertz CT molecular complexity index is 406. The molecule has 0 spiro atoms. The van der Waals surface area contributed by atoms with E-state index in [2.05, 4.69) is 0 Å². The Balaban J connectivity index is 2.23. The van der Waals surface area contributed by atoms with Crippen LogP contribution in [0.15, 0.2) is 29.8 Å². The van der Waals surface area contributed by atoms with E-state index in [1.165, 1.54) is 0 Å². The van der Waals surface area contributed by atoms with E-state index in [1.54, 1.807) is 0 Å². The zero-order valence-electron chi connectivity index (χ0n) is 8.57. The van der Waals surface area contributed by atoms with Crippen molar-refractivity contribution >= 4 is 17.7 Å². The first-order valence-electron chi connectivity index (χ1n) is 4.92. The molecule has 78 valence electrons. The SMILES string of the molecule is C[C@@H]1C/C(=C/c2ccc(N)cc2)C(=O)O1. The molecule has 0 aliphatic carbocycles. The van der Waals surface area contributed by atoms with Gasteiger partial charge in [0, 0.05) is 17.7 Å². The standard InChI is InChI=1S/C12H13NO2/c1-8-6-10(12(14)15-8)7-9-2-4-11(13)5-3-9/h2-5,7-8H,6,13H2,1H3/b10-7-/t8-/m1/s1. The van der Waals surface area contributed by atoms with Gasteiger partial charge in [-0.1, -0.05) is 12.1 Å². The lowest BCUT2D eigenvalue weighted by molar-refractivity contribution is -0.138. The highest BCUT2D eigenvalue weighted by atomic mass is 16.5.